The van der Waals surface area contributed by atoms with E-state index < -0.39 is 0 Å². The van der Waals surface area contributed by atoms with Crippen molar-refractivity contribution in [2.24, 2.45) is 0 Å². The first-order valence-electron chi connectivity index (χ1n) is 6.97. The van der Waals surface area contributed by atoms with Crippen LogP contribution in [-0.2, 0) is 17.0 Å². The van der Waals surface area contributed by atoms with Crippen molar-refractivity contribution in [2.45, 2.75) is 12.2 Å². The number of rotatable bonds is 7. The third-order valence-electron chi connectivity index (χ3n) is 3.00. The number of hydrogen-bond acceptors (Lipinski definition) is 2. The molecule has 0 unspecified atom stereocenters. The molecule has 0 heterocycles. The molecule has 116 valence electrons. The maximum atomic E-state index is 11.8. The van der Waals surface area contributed by atoms with Gasteiger partial charge in [-0.15, -0.1) is 0 Å². The smallest absolute Gasteiger partial charge is 0.224 e. The number of hydrogen-bond donors (Lipinski definition) is 1. The highest BCUT2D eigenvalue weighted by molar-refractivity contribution is 7.98. The van der Waals surface area contributed by atoms with Crippen LogP contribution in [0.5, 0.6) is 0 Å². The standard InChI is InChI=1S/C17H17Cl2NOS/c18-15-6-4-13(5-7-15)11-17(21)20-8-9-22-12-14-2-1-3-16(19)10-14/h1-7,10H,8-9,11-12H2,(H,20,21). The van der Waals surface area contributed by atoms with Crippen molar-refractivity contribution in [3.63, 3.8) is 0 Å². The highest BCUT2D eigenvalue weighted by Gasteiger charge is 2.03. The van der Waals surface area contributed by atoms with Gasteiger partial charge in [0.1, 0.15) is 0 Å². The summed E-state index contributed by atoms with van der Waals surface area (Å²) in [6.07, 6.45) is 0.385. The van der Waals surface area contributed by atoms with Crippen molar-refractivity contribution < 1.29 is 4.79 Å². The molecule has 0 atom stereocenters. The Hall–Kier alpha value is -1.16. The summed E-state index contributed by atoms with van der Waals surface area (Å²) in [5, 5.41) is 4.37. The Morgan fingerprint density at radius 2 is 1.77 bits per heavy atom. The van der Waals surface area contributed by atoms with Crippen LogP contribution in [0.4, 0.5) is 0 Å². The van der Waals surface area contributed by atoms with Crippen LogP contribution in [0.2, 0.25) is 10.0 Å². The van der Waals surface area contributed by atoms with Gasteiger partial charge >= 0.3 is 0 Å². The van der Waals surface area contributed by atoms with Crippen LogP contribution in [0.15, 0.2) is 48.5 Å². The number of halogens is 2. The first kappa shape index (κ1) is 17.2. The Morgan fingerprint density at radius 3 is 2.50 bits per heavy atom. The Bertz CT molecular complexity index is 616. The van der Waals surface area contributed by atoms with Crippen molar-refractivity contribution in [1.82, 2.24) is 5.32 Å². The second kappa shape index (κ2) is 9.09. The Labute approximate surface area is 145 Å². The summed E-state index contributed by atoms with van der Waals surface area (Å²) in [6.45, 7) is 0.664. The van der Waals surface area contributed by atoms with E-state index in [0.717, 1.165) is 22.1 Å². The molecule has 0 aliphatic carbocycles. The first-order valence-corrected chi connectivity index (χ1v) is 8.88. The van der Waals surface area contributed by atoms with Gasteiger partial charge in [0.25, 0.3) is 0 Å². The molecule has 2 aromatic rings. The van der Waals surface area contributed by atoms with E-state index in [2.05, 4.69) is 11.4 Å². The molecule has 0 bridgehead atoms. The minimum absolute atomic E-state index is 0.0330. The van der Waals surface area contributed by atoms with E-state index in [1.807, 2.05) is 30.3 Å². The molecule has 2 aromatic carbocycles. The van der Waals surface area contributed by atoms with Crippen molar-refractivity contribution in [3.05, 3.63) is 69.7 Å². The van der Waals surface area contributed by atoms with Gasteiger partial charge in [0.05, 0.1) is 6.42 Å². The lowest BCUT2D eigenvalue weighted by atomic mass is 10.1. The molecule has 0 aliphatic rings. The van der Waals surface area contributed by atoms with Crippen LogP contribution in [0.25, 0.3) is 0 Å². The molecule has 0 spiro atoms. The minimum Gasteiger partial charge on any atom is -0.355 e. The monoisotopic (exact) mass is 353 g/mol. The van der Waals surface area contributed by atoms with Gasteiger partial charge in [-0.05, 0) is 35.4 Å². The molecule has 0 aliphatic heterocycles. The van der Waals surface area contributed by atoms with Crippen LogP contribution in [0.1, 0.15) is 11.1 Å². The van der Waals surface area contributed by atoms with Gasteiger partial charge in [0.2, 0.25) is 5.91 Å². The van der Waals surface area contributed by atoms with E-state index in [9.17, 15) is 4.79 Å². The van der Waals surface area contributed by atoms with Gasteiger partial charge in [-0.25, -0.2) is 0 Å². The number of carbonyl (C=O) groups is 1. The maximum Gasteiger partial charge on any atom is 0.224 e. The molecule has 1 N–H and O–H groups in total. The summed E-state index contributed by atoms with van der Waals surface area (Å²) >= 11 is 13.5. The Kier molecular flexibility index (Phi) is 7.10. The number of nitrogens with one attached hydrogen (secondary N) is 1. The average molecular weight is 354 g/mol. The quantitative estimate of drug-likeness (QED) is 0.737. The van der Waals surface area contributed by atoms with Crippen molar-refractivity contribution in [2.75, 3.05) is 12.3 Å². The number of amides is 1. The van der Waals surface area contributed by atoms with Gasteiger partial charge in [-0.3, -0.25) is 4.79 Å². The largest absolute Gasteiger partial charge is 0.355 e. The lowest BCUT2D eigenvalue weighted by molar-refractivity contribution is -0.120. The first-order chi connectivity index (χ1) is 10.6. The molecule has 2 rings (SSSR count). The molecule has 0 radical (unpaired) electrons. The van der Waals surface area contributed by atoms with Crippen LogP contribution >= 0.6 is 35.0 Å². The topological polar surface area (TPSA) is 29.1 Å². The molecule has 2 nitrogen and oxygen atoms in total. The van der Waals surface area contributed by atoms with Crippen LogP contribution in [0.3, 0.4) is 0 Å². The molecule has 0 aromatic heterocycles. The summed E-state index contributed by atoms with van der Waals surface area (Å²) in [6, 6.07) is 15.2. The van der Waals surface area contributed by atoms with E-state index >= 15 is 0 Å². The molecule has 1 amide bonds. The lowest BCUT2D eigenvalue weighted by Gasteiger charge is -2.06. The fraction of sp³-hybridized carbons (Fsp3) is 0.235. The van der Waals surface area contributed by atoms with Crippen molar-refractivity contribution in [3.8, 4) is 0 Å². The van der Waals surface area contributed by atoms with E-state index in [1.165, 1.54) is 5.56 Å². The summed E-state index contributed by atoms with van der Waals surface area (Å²) < 4.78 is 0. The molecular weight excluding hydrogens is 337 g/mol. The predicted octanol–water partition coefficient (Wildman–Crippen LogP) is 4.59. The minimum atomic E-state index is 0.0330. The van der Waals surface area contributed by atoms with Crippen molar-refractivity contribution in [1.29, 1.82) is 0 Å². The summed E-state index contributed by atoms with van der Waals surface area (Å²) in [4.78, 5) is 11.8. The molecule has 5 heteroatoms. The summed E-state index contributed by atoms with van der Waals surface area (Å²) in [7, 11) is 0. The van der Waals surface area contributed by atoms with Crippen LogP contribution < -0.4 is 5.32 Å². The van der Waals surface area contributed by atoms with Gasteiger partial charge in [-0.2, -0.15) is 11.8 Å². The number of benzene rings is 2. The zero-order valence-electron chi connectivity index (χ0n) is 12.0. The zero-order valence-corrected chi connectivity index (χ0v) is 14.3. The Balaban J connectivity index is 1.62. The summed E-state index contributed by atoms with van der Waals surface area (Å²) in [5.74, 6) is 1.80. The predicted molar refractivity (Wildman–Crippen MR) is 95.8 cm³/mol. The number of thioether (sulfide) groups is 1. The van der Waals surface area contributed by atoms with E-state index in [-0.39, 0.29) is 5.91 Å². The molecule has 0 fully saturated rings. The van der Waals surface area contributed by atoms with Crippen molar-refractivity contribution >= 4 is 40.9 Å². The highest BCUT2D eigenvalue weighted by Crippen LogP contribution is 2.16. The molecule has 22 heavy (non-hydrogen) atoms. The Morgan fingerprint density at radius 1 is 1.00 bits per heavy atom. The van der Waals surface area contributed by atoms with E-state index in [0.29, 0.717) is 18.0 Å². The zero-order chi connectivity index (χ0) is 15.8. The second-order valence-electron chi connectivity index (χ2n) is 4.84. The molecule has 0 saturated heterocycles. The van der Waals surface area contributed by atoms with Crippen LogP contribution in [0, 0.1) is 0 Å². The number of carbonyl (C=O) groups excluding carboxylic acids is 1. The second-order valence-corrected chi connectivity index (χ2v) is 6.81. The van der Waals surface area contributed by atoms with Gasteiger partial charge in [-0.1, -0.05) is 47.5 Å². The third-order valence-corrected chi connectivity index (χ3v) is 4.52. The average Bonchev–Trinajstić information content (AvgIpc) is 2.49. The van der Waals surface area contributed by atoms with Gasteiger partial charge in [0.15, 0.2) is 0 Å². The third kappa shape index (κ3) is 6.30. The SMILES string of the molecule is O=C(Cc1ccc(Cl)cc1)NCCSCc1cccc(Cl)c1. The van der Waals surface area contributed by atoms with Gasteiger partial charge < -0.3 is 5.32 Å². The van der Waals surface area contributed by atoms with Gasteiger partial charge in [0, 0.05) is 28.1 Å². The van der Waals surface area contributed by atoms with Crippen LogP contribution in [-0.4, -0.2) is 18.2 Å². The fourth-order valence-electron chi connectivity index (χ4n) is 1.93. The van der Waals surface area contributed by atoms with E-state index in [1.54, 1.807) is 23.9 Å². The van der Waals surface area contributed by atoms with E-state index in [4.69, 9.17) is 23.2 Å². The lowest BCUT2D eigenvalue weighted by Crippen LogP contribution is -2.27. The normalized spacial score (nSPS) is 10.5. The summed E-state index contributed by atoms with van der Waals surface area (Å²) in [5.41, 5.74) is 2.17. The fourth-order valence-corrected chi connectivity index (χ4v) is 3.07. The highest BCUT2D eigenvalue weighted by atomic mass is 35.5. The molecule has 0 saturated carbocycles. The molecular formula is C17H17Cl2NOS. The maximum absolute atomic E-state index is 11.8.